The van der Waals surface area contributed by atoms with Crippen molar-refractivity contribution < 1.29 is 0 Å². The average Bonchev–Trinajstić information content (AvgIpc) is 2.62. The summed E-state index contributed by atoms with van der Waals surface area (Å²) in [6.45, 7) is 15.7. The highest BCUT2D eigenvalue weighted by Crippen LogP contribution is 2.14. The molecule has 1 aromatic rings. The molecule has 1 heterocycles. The van der Waals surface area contributed by atoms with E-state index >= 15 is 0 Å². The molecule has 5 nitrogen and oxygen atoms in total. The first-order valence-electron chi connectivity index (χ1n) is 9.24. The fourth-order valence-electron chi connectivity index (χ4n) is 3.18. The van der Waals surface area contributed by atoms with E-state index in [1.807, 2.05) is 0 Å². The smallest absolute Gasteiger partial charge is 0.191 e. The number of hydrogen-bond acceptors (Lipinski definition) is 3. The van der Waals surface area contributed by atoms with Gasteiger partial charge in [0.2, 0.25) is 0 Å². The second kappa shape index (κ2) is 11.7. The molecular formula is C19H34IN5. The van der Waals surface area contributed by atoms with E-state index in [9.17, 15) is 0 Å². The lowest BCUT2D eigenvalue weighted by Gasteiger charge is -2.34. The molecule has 0 saturated carbocycles. The van der Waals surface area contributed by atoms with Gasteiger partial charge >= 0.3 is 0 Å². The number of rotatable bonds is 7. The topological polar surface area (TPSA) is 48.1 Å². The Bertz CT molecular complexity index is 522. The number of nitrogens with zero attached hydrogens (tertiary/aromatic N) is 4. The average molecular weight is 459 g/mol. The van der Waals surface area contributed by atoms with E-state index in [0.717, 1.165) is 39.3 Å². The molecule has 1 fully saturated rings. The zero-order valence-corrected chi connectivity index (χ0v) is 18.3. The van der Waals surface area contributed by atoms with Crippen LogP contribution in [0.5, 0.6) is 0 Å². The van der Waals surface area contributed by atoms with Gasteiger partial charge in [-0.3, -0.25) is 4.90 Å². The Morgan fingerprint density at radius 1 is 1.00 bits per heavy atom. The van der Waals surface area contributed by atoms with Gasteiger partial charge in [0.1, 0.15) is 0 Å². The van der Waals surface area contributed by atoms with E-state index in [2.05, 4.69) is 64.7 Å². The lowest BCUT2D eigenvalue weighted by atomic mass is 10.1. The number of piperazine rings is 1. The van der Waals surface area contributed by atoms with Gasteiger partial charge in [-0.05, 0) is 31.5 Å². The van der Waals surface area contributed by atoms with Crippen molar-refractivity contribution in [3.8, 4) is 0 Å². The molecule has 0 atom stereocenters. The summed E-state index contributed by atoms with van der Waals surface area (Å²) >= 11 is 0. The minimum Gasteiger partial charge on any atom is -0.370 e. The second-order valence-corrected chi connectivity index (χ2v) is 6.33. The number of benzene rings is 1. The molecule has 2 N–H and O–H groups in total. The maximum absolute atomic E-state index is 6.11. The first-order valence-corrected chi connectivity index (χ1v) is 9.24. The Balaban J connectivity index is 0.00000312. The third-order valence-electron chi connectivity index (χ3n) is 4.92. The zero-order valence-electron chi connectivity index (χ0n) is 15.9. The van der Waals surface area contributed by atoms with Crippen LogP contribution in [0.4, 0.5) is 0 Å². The van der Waals surface area contributed by atoms with Crippen molar-refractivity contribution in [2.24, 2.45) is 10.7 Å². The van der Waals surface area contributed by atoms with Crippen LogP contribution in [0.15, 0.2) is 29.3 Å². The molecule has 0 spiro atoms. The Hall–Kier alpha value is -0.860. The molecule has 0 bridgehead atoms. The fraction of sp³-hybridized carbons (Fsp3) is 0.632. The number of nitrogens with two attached hydrogens (primary N) is 1. The fourth-order valence-corrected chi connectivity index (χ4v) is 3.18. The van der Waals surface area contributed by atoms with Gasteiger partial charge in [0.05, 0.1) is 6.54 Å². The monoisotopic (exact) mass is 459 g/mol. The van der Waals surface area contributed by atoms with E-state index in [4.69, 9.17) is 5.73 Å². The highest BCUT2D eigenvalue weighted by atomic mass is 127. The van der Waals surface area contributed by atoms with Crippen LogP contribution in [0.25, 0.3) is 0 Å². The van der Waals surface area contributed by atoms with Gasteiger partial charge in [0.15, 0.2) is 5.96 Å². The second-order valence-electron chi connectivity index (χ2n) is 6.33. The van der Waals surface area contributed by atoms with Crippen LogP contribution in [0.1, 0.15) is 31.9 Å². The van der Waals surface area contributed by atoms with Gasteiger partial charge in [0, 0.05) is 45.8 Å². The Morgan fingerprint density at radius 3 is 2.12 bits per heavy atom. The Morgan fingerprint density at radius 2 is 1.56 bits per heavy atom. The molecular weight excluding hydrogens is 425 g/mol. The first-order chi connectivity index (χ1) is 11.7. The molecule has 6 heteroatoms. The summed E-state index contributed by atoms with van der Waals surface area (Å²) in [4.78, 5) is 11.8. The van der Waals surface area contributed by atoms with Gasteiger partial charge in [-0.1, -0.05) is 31.2 Å². The lowest BCUT2D eigenvalue weighted by molar-refractivity contribution is 0.131. The molecule has 1 saturated heterocycles. The predicted molar refractivity (Wildman–Crippen MR) is 117 cm³/mol. The molecule has 142 valence electrons. The summed E-state index contributed by atoms with van der Waals surface area (Å²) in [5.41, 5.74) is 8.77. The number of guanidine groups is 1. The van der Waals surface area contributed by atoms with E-state index in [1.54, 1.807) is 0 Å². The minimum absolute atomic E-state index is 0. The molecule has 0 aromatic heterocycles. The third kappa shape index (κ3) is 6.75. The van der Waals surface area contributed by atoms with Crippen LogP contribution in [-0.4, -0.2) is 66.5 Å². The van der Waals surface area contributed by atoms with Gasteiger partial charge in [-0.15, -0.1) is 24.0 Å². The van der Waals surface area contributed by atoms with Crippen LogP contribution < -0.4 is 5.73 Å². The lowest BCUT2D eigenvalue weighted by Crippen LogP contribution is -2.45. The number of halogens is 1. The van der Waals surface area contributed by atoms with Crippen molar-refractivity contribution >= 4 is 29.9 Å². The maximum Gasteiger partial charge on any atom is 0.191 e. The van der Waals surface area contributed by atoms with Gasteiger partial charge in [-0.25, -0.2) is 4.99 Å². The highest BCUT2D eigenvalue weighted by Gasteiger charge is 2.16. The van der Waals surface area contributed by atoms with Crippen LogP contribution >= 0.6 is 24.0 Å². The summed E-state index contributed by atoms with van der Waals surface area (Å²) in [6, 6.07) is 8.62. The standard InChI is InChI=1S/C19H33N5.HI/c1-4-22-11-13-23(14-12-22)16-18-10-8-7-9-17(18)15-21-19(20)24(5-2)6-3;/h7-10H,4-6,11-16H2,1-3H3,(H2,20,21);1H. The molecule has 1 aliphatic rings. The summed E-state index contributed by atoms with van der Waals surface area (Å²) in [5, 5.41) is 0. The summed E-state index contributed by atoms with van der Waals surface area (Å²) in [7, 11) is 0. The van der Waals surface area contributed by atoms with E-state index in [-0.39, 0.29) is 24.0 Å². The largest absolute Gasteiger partial charge is 0.370 e. The van der Waals surface area contributed by atoms with Crippen molar-refractivity contribution in [1.82, 2.24) is 14.7 Å². The number of aliphatic imine (C=N–C) groups is 1. The third-order valence-corrected chi connectivity index (χ3v) is 4.92. The quantitative estimate of drug-likeness (QED) is 0.387. The normalized spacial score (nSPS) is 16.5. The van der Waals surface area contributed by atoms with Crippen LogP contribution in [0, 0.1) is 0 Å². The van der Waals surface area contributed by atoms with E-state index in [1.165, 1.54) is 24.2 Å². The summed E-state index contributed by atoms with van der Waals surface area (Å²) in [5.74, 6) is 0.645. The molecule has 1 aromatic carbocycles. The Labute approximate surface area is 170 Å². The first kappa shape index (κ1) is 22.2. The molecule has 0 aliphatic carbocycles. The SMILES string of the molecule is CCN1CCN(Cc2ccccc2CN=C(N)N(CC)CC)CC1.I. The number of likely N-dealkylation sites (N-methyl/N-ethyl adjacent to an activating group) is 1. The van der Waals surface area contributed by atoms with Crippen LogP contribution in [0.2, 0.25) is 0 Å². The van der Waals surface area contributed by atoms with E-state index in [0.29, 0.717) is 12.5 Å². The van der Waals surface area contributed by atoms with Crippen molar-refractivity contribution in [3.05, 3.63) is 35.4 Å². The Kier molecular flexibility index (Phi) is 10.4. The van der Waals surface area contributed by atoms with Gasteiger partial charge in [-0.2, -0.15) is 0 Å². The molecule has 0 radical (unpaired) electrons. The van der Waals surface area contributed by atoms with Crippen molar-refractivity contribution in [2.75, 3.05) is 45.8 Å². The van der Waals surface area contributed by atoms with Crippen molar-refractivity contribution in [2.45, 2.75) is 33.9 Å². The van der Waals surface area contributed by atoms with Gasteiger partial charge < -0.3 is 15.5 Å². The summed E-state index contributed by atoms with van der Waals surface area (Å²) < 4.78 is 0. The summed E-state index contributed by atoms with van der Waals surface area (Å²) in [6.07, 6.45) is 0. The van der Waals surface area contributed by atoms with Gasteiger partial charge in [0.25, 0.3) is 0 Å². The molecule has 0 unspecified atom stereocenters. The number of hydrogen-bond donors (Lipinski definition) is 1. The van der Waals surface area contributed by atoms with Crippen LogP contribution in [-0.2, 0) is 13.1 Å². The predicted octanol–water partition coefficient (Wildman–Crippen LogP) is 2.60. The highest BCUT2D eigenvalue weighted by molar-refractivity contribution is 14.0. The van der Waals surface area contributed by atoms with Crippen molar-refractivity contribution in [3.63, 3.8) is 0 Å². The molecule has 1 aliphatic heterocycles. The minimum atomic E-state index is 0. The molecule has 25 heavy (non-hydrogen) atoms. The van der Waals surface area contributed by atoms with Crippen molar-refractivity contribution in [1.29, 1.82) is 0 Å². The van der Waals surface area contributed by atoms with E-state index < -0.39 is 0 Å². The maximum atomic E-state index is 6.11. The molecule has 0 amide bonds. The molecule has 2 rings (SSSR count). The zero-order chi connectivity index (χ0) is 17.4. The van der Waals surface area contributed by atoms with Crippen LogP contribution in [0.3, 0.4) is 0 Å².